The van der Waals surface area contributed by atoms with Crippen LogP contribution in [0.1, 0.15) is 37.6 Å². The molecule has 1 aromatic carbocycles. The second-order valence-electron chi connectivity index (χ2n) is 6.62. The first kappa shape index (κ1) is 20.0. The summed E-state index contributed by atoms with van der Waals surface area (Å²) < 4.78 is 16.4. The van der Waals surface area contributed by atoms with Crippen molar-refractivity contribution in [3.8, 4) is 11.5 Å². The van der Waals surface area contributed by atoms with E-state index in [2.05, 4.69) is 19.2 Å². The molecule has 2 atom stereocenters. The van der Waals surface area contributed by atoms with Crippen LogP contribution in [0.25, 0.3) is 0 Å². The van der Waals surface area contributed by atoms with Crippen molar-refractivity contribution in [2.75, 3.05) is 26.4 Å². The van der Waals surface area contributed by atoms with Gasteiger partial charge in [-0.1, -0.05) is 13.8 Å². The number of aliphatic carboxylic acids is 1. The van der Waals surface area contributed by atoms with Crippen molar-refractivity contribution in [2.24, 2.45) is 11.8 Å². The second kappa shape index (κ2) is 9.43. The van der Waals surface area contributed by atoms with Crippen molar-refractivity contribution >= 4 is 11.9 Å². The maximum Gasteiger partial charge on any atom is 0.341 e. The molecule has 2 rings (SSSR count). The summed E-state index contributed by atoms with van der Waals surface area (Å²) in [6.45, 7) is 7.24. The average molecular weight is 365 g/mol. The number of hydrogen-bond donors (Lipinski definition) is 2. The molecule has 7 heteroatoms. The van der Waals surface area contributed by atoms with E-state index in [1.165, 1.54) is 0 Å². The predicted molar refractivity (Wildman–Crippen MR) is 95.8 cm³/mol. The summed E-state index contributed by atoms with van der Waals surface area (Å²) in [5.41, 5.74) is 0.441. The largest absolute Gasteiger partial charge is 0.490 e. The zero-order valence-electron chi connectivity index (χ0n) is 15.5. The second-order valence-corrected chi connectivity index (χ2v) is 6.62. The lowest BCUT2D eigenvalue weighted by molar-refractivity contribution is -0.139. The Morgan fingerprint density at radius 2 is 2.08 bits per heavy atom. The Balaban J connectivity index is 2.01. The van der Waals surface area contributed by atoms with Crippen LogP contribution in [0.15, 0.2) is 18.2 Å². The van der Waals surface area contributed by atoms with Gasteiger partial charge in [0.15, 0.2) is 18.1 Å². The molecule has 2 unspecified atom stereocenters. The van der Waals surface area contributed by atoms with Gasteiger partial charge in [0.05, 0.1) is 12.7 Å². The van der Waals surface area contributed by atoms with Gasteiger partial charge in [-0.15, -0.1) is 0 Å². The van der Waals surface area contributed by atoms with Gasteiger partial charge in [-0.3, -0.25) is 4.79 Å². The van der Waals surface area contributed by atoms with E-state index in [4.69, 9.17) is 19.3 Å². The Morgan fingerprint density at radius 3 is 2.73 bits per heavy atom. The number of carboxylic acids is 1. The SMILES string of the molecule is CCOc1cc(C(=O)NCC2CCOC2C(C)C)ccc1OCC(=O)O. The summed E-state index contributed by atoms with van der Waals surface area (Å²) >= 11 is 0. The van der Waals surface area contributed by atoms with E-state index in [9.17, 15) is 9.59 Å². The van der Waals surface area contributed by atoms with Gasteiger partial charge < -0.3 is 24.6 Å². The van der Waals surface area contributed by atoms with Crippen LogP contribution in [0.3, 0.4) is 0 Å². The molecule has 0 aromatic heterocycles. The number of benzene rings is 1. The molecular weight excluding hydrogens is 338 g/mol. The first-order valence-corrected chi connectivity index (χ1v) is 8.93. The number of nitrogens with one attached hydrogen (secondary N) is 1. The van der Waals surface area contributed by atoms with Crippen molar-refractivity contribution in [2.45, 2.75) is 33.3 Å². The summed E-state index contributed by atoms with van der Waals surface area (Å²) in [4.78, 5) is 23.1. The minimum Gasteiger partial charge on any atom is -0.490 e. The molecule has 0 spiro atoms. The lowest BCUT2D eigenvalue weighted by atomic mass is 9.93. The number of amides is 1. The molecule has 1 aliphatic heterocycles. The number of rotatable bonds is 9. The topological polar surface area (TPSA) is 94.1 Å². The summed E-state index contributed by atoms with van der Waals surface area (Å²) in [5, 5.41) is 11.7. The third-order valence-corrected chi connectivity index (χ3v) is 4.30. The molecular formula is C19H27NO6. The number of hydrogen-bond acceptors (Lipinski definition) is 5. The molecule has 1 saturated heterocycles. The third kappa shape index (κ3) is 5.36. The molecule has 0 radical (unpaired) electrons. The van der Waals surface area contributed by atoms with E-state index in [0.717, 1.165) is 13.0 Å². The van der Waals surface area contributed by atoms with Gasteiger partial charge in [0.1, 0.15) is 0 Å². The minimum atomic E-state index is -1.08. The van der Waals surface area contributed by atoms with Crippen LogP contribution in [-0.4, -0.2) is 49.5 Å². The normalized spacial score (nSPS) is 19.4. The smallest absolute Gasteiger partial charge is 0.341 e. The van der Waals surface area contributed by atoms with Crippen molar-refractivity contribution in [3.05, 3.63) is 23.8 Å². The Morgan fingerprint density at radius 1 is 1.31 bits per heavy atom. The number of carboxylic acid groups (broad SMARTS) is 1. The molecule has 1 aliphatic rings. The molecule has 7 nitrogen and oxygen atoms in total. The number of carbonyl (C=O) groups is 2. The average Bonchev–Trinajstić information content (AvgIpc) is 3.07. The van der Waals surface area contributed by atoms with Crippen molar-refractivity contribution in [1.82, 2.24) is 5.32 Å². The Kier molecular flexibility index (Phi) is 7.26. The standard InChI is InChI=1S/C19H27NO6/c1-4-24-16-9-13(5-6-15(16)26-11-17(21)22)19(23)20-10-14-7-8-25-18(14)12(2)3/h5-6,9,12,14,18H,4,7-8,10-11H2,1-3H3,(H,20,23)(H,21,22). The van der Waals surface area contributed by atoms with Crippen LogP contribution in [0.5, 0.6) is 11.5 Å². The molecule has 0 saturated carbocycles. The first-order valence-electron chi connectivity index (χ1n) is 8.93. The predicted octanol–water partition coefficient (Wildman–Crippen LogP) is 2.34. The quantitative estimate of drug-likeness (QED) is 0.698. The fourth-order valence-corrected chi connectivity index (χ4v) is 3.11. The highest BCUT2D eigenvalue weighted by molar-refractivity contribution is 5.94. The van der Waals surface area contributed by atoms with E-state index in [1.807, 2.05) is 0 Å². The highest BCUT2D eigenvalue weighted by atomic mass is 16.5. The Hall–Kier alpha value is -2.28. The molecule has 1 amide bonds. The van der Waals surface area contributed by atoms with Gasteiger partial charge in [0, 0.05) is 24.6 Å². The van der Waals surface area contributed by atoms with E-state index < -0.39 is 12.6 Å². The minimum absolute atomic E-state index is 0.168. The lowest BCUT2D eigenvalue weighted by Gasteiger charge is -2.22. The van der Waals surface area contributed by atoms with Gasteiger partial charge in [-0.2, -0.15) is 0 Å². The monoisotopic (exact) mass is 365 g/mol. The number of carbonyl (C=O) groups excluding carboxylic acids is 1. The molecule has 0 aliphatic carbocycles. The maximum atomic E-state index is 12.5. The van der Waals surface area contributed by atoms with Crippen LogP contribution >= 0.6 is 0 Å². The molecule has 2 N–H and O–H groups in total. The van der Waals surface area contributed by atoms with Gasteiger partial charge in [-0.25, -0.2) is 4.79 Å². The zero-order chi connectivity index (χ0) is 19.1. The molecule has 1 aromatic rings. The van der Waals surface area contributed by atoms with Gasteiger partial charge in [0.25, 0.3) is 5.91 Å². The van der Waals surface area contributed by atoms with Gasteiger partial charge >= 0.3 is 5.97 Å². The van der Waals surface area contributed by atoms with Crippen LogP contribution in [0, 0.1) is 11.8 Å². The zero-order valence-corrected chi connectivity index (χ0v) is 15.5. The summed E-state index contributed by atoms with van der Waals surface area (Å²) in [5.74, 6) is 0.0940. The van der Waals surface area contributed by atoms with Crippen molar-refractivity contribution in [3.63, 3.8) is 0 Å². The molecule has 1 heterocycles. The lowest BCUT2D eigenvalue weighted by Crippen LogP contribution is -2.34. The van der Waals surface area contributed by atoms with E-state index in [0.29, 0.717) is 42.0 Å². The van der Waals surface area contributed by atoms with Crippen LogP contribution < -0.4 is 14.8 Å². The van der Waals surface area contributed by atoms with Crippen molar-refractivity contribution < 1.29 is 28.9 Å². The molecule has 26 heavy (non-hydrogen) atoms. The number of ether oxygens (including phenoxy) is 3. The van der Waals surface area contributed by atoms with E-state index in [-0.39, 0.29) is 12.0 Å². The van der Waals surface area contributed by atoms with E-state index in [1.54, 1.807) is 25.1 Å². The third-order valence-electron chi connectivity index (χ3n) is 4.30. The molecule has 1 fully saturated rings. The highest BCUT2D eigenvalue weighted by Crippen LogP contribution is 2.29. The van der Waals surface area contributed by atoms with Gasteiger partial charge in [-0.05, 0) is 37.5 Å². The Labute approximate surface area is 153 Å². The fourth-order valence-electron chi connectivity index (χ4n) is 3.11. The summed E-state index contributed by atoms with van der Waals surface area (Å²) in [6.07, 6.45) is 1.11. The van der Waals surface area contributed by atoms with Crippen LogP contribution in [0.2, 0.25) is 0 Å². The fraction of sp³-hybridized carbons (Fsp3) is 0.579. The molecule has 144 valence electrons. The van der Waals surface area contributed by atoms with Crippen molar-refractivity contribution in [1.29, 1.82) is 0 Å². The highest BCUT2D eigenvalue weighted by Gasteiger charge is 2.30. The van der Waals surface area contributed by atoms with Gasteiger partial charge in [0.2, 0.25) is 0 Å². The van der Waals surface area contributed by atoms with Crippen LogP contribution in [0.4, 0.5) is 0 Å². The molecule has 0 bridgehead atoms. The first-order chi connectivity index (χ1) is 12.4. The summed E-state index contributed by atoms with van der Waals surface area (Å²) in [6, 6.07) is 4.72. The van der Waals surface area contributed by atoms with E-state index >= 15 is 0 Å². The maximum absolute atomic E-state index is 12.5. The summed E-state index contributed by atoms with van der Waals surface area (Å²) in [7, 11) is 0. The Bertz CT molecular complexity index is 630. The van der Waals surface area contributed by atoms with Crippen LogP contribution in [-0.2, 0) is 9.53 Å².